The Morgan fingerprint density at radius 2 is 2.14 bits per heavy atom. The van der Waals surface area contributed by atoms with Gasteiger partial charge in [0.15, 0.2) is 0 Å². The Morgan fingerprint density at radius 1 is 1.41 bits per heavy atom. The van der Waals surface area contributed by atoms with E-state index < -0.39 is 5.60 Å². The van der Waals surface area contributed by atoms with E-state index in [4.69, 9.17) is 19.0 Å². The van der Waals surface area contributed by atoms with Crippen LogP contribution < -0.4 is 5.48 Å². The van der Waals surface area contributed by atoms with Crippen molar-refractivity contribution in [2.75, 3.05) is 40.1 Å². The second-order valence-corrected chi connectivity index (χ2v) is 6.50. The largest absolute Gasteiger partial charge is 0.444 e. The molecule has 0 spiro atoms. The molecule has 0 saturated carbocycles. The van der Waals surface area contributed by atoms with Gasteiger partial charge in [-0.25, -0.2) is 4.79 Å². The first-order valence-corrected chi connectivity index (χ1v) is 7.77. The zero-order valence-electron chi connectivity index (χ0n) is 14.4. The van der Waals surface area contributed by atoms with Gasteiger partial charge < -0.3 is 19.1 Å². The van der Waals surface area contributed by atoms with Crippen molar-refractivity contribution in [3.63, 3.8) is 0 Å². The summed E-state index contributed by atoms with van der Waals surface area (Å²) in [5, 5.41) is 0. The number of hydrogen-bond donors (Lipinski definition) is 1. The molecule has 1 aliphatic heterocycles. The van der Waals surface area contributed by atoms with Crippen molar-refractivity contribution < 1.29 is 23.8 Å². The molecule has 1 rings (SSSR count). The molecule has 7 nitrogen and oxygen atoms in total. The normalized spacial score (nSPS) is 20.8. The molecule has 0 radical (unpaired) electrons. The van der Waals surface area contributed by atoms with Crippen molar-refractivity contribution in [3.8, 4) is 0 Å². The van der Waals surface area contributed by atoms with Crippen LogP contribution >= 0.6 is 0 Å². The minimum Gasteiger partial charge on any atom is -0.444 e. The fourth-order valence-corrected chi connectivity index (χ4v) is 2.19. The maximum atomic E-state index is 12.3. The molecule has 1 N–H and O–H groups in total. The summed E-state index contributed by atoms with van der Waals surface area (Å²) in [5.74, 6) is 0. The quantitative estimate of drug-likeness (QED) is 0.567. The maximum Gasteiger partial charge on any atom is 0.410 e. The van der Waals surface area contributed by atoms with Crippen molar-refractivity contribution in [3.05, 3.63) is 0 Å². The highest BCUT2D eigenvalue weighted by molar-refractivity contribution is 5.68. The first-order valence-electron chi connectivity index (χ1n) is 7.77. The van der Waals surface area contributed by atoms with Crippen molar-refractivity contribution in [2.24, 2.45) is 0 Å². The second-order valence-electron chi connectivity index (χ2n) is 6.50. The molecule has 2 atom stereocenters. The van der Waals surface area contributed by atoms with E-state index in [9.17, 15) is 4.79 Å². The Morgan fingerprint density at radius 3 is 2.77 bits per heavy atom. The maximum absolute atomic E-state index is 12.3. The zero-order chi connectivity index (χ0) is 16.6. The van der Waals surface area contributed by atoms with Gasteiger partial charge in [-0.15, -0.1) is 0 Å². The summed E-state index contributed by atoms with van der Waals surface area (Å²) >= 11 is 0. The molecular formula is C15H30N2O5. The lowest BCUT2D eigenvalue weighted by Gasteiger charge is -2.37. The molecule has 7 heteroatoms. The number of hydroxylamine groups is 1. The average molecular weight is 318 g/mol. The summed E-state index contributed by atoms with van der Waals surface area (Å²) in [6.07, 6.45) is 0.444. The van der Waals surface area contributed by atoms with E-state index >= 15 is 0 Å². The fourth-order valence-electron chi connectivity index (χ4n) is 2.19. The minimum absolute atomic E-state index is 0.0166. The summed E-state index contributed by atoms with van der Waals surface area (Å²) in [6.45, 7) is 10.3. The van der Waals surface area contributed by atoms with Crippen LogP contribution in [-0.2, 0) is 19.0 Å². The molecule has 1 aliphatic rings. The van der Waals surface area contributed by atoms with E-state index in [-0.39, 0.29) is 18.2 Å². The SMILES string of the molecule is COCCONC(C)CC1COCCN1C(=O)OC(C)(C)C. The summed E-state index contributed by atoms with van der Waals surface area (Å²) in [4.78, 5) is 19.3. The molecule has 0 aromatic carbocycles. The van der Waals surface area contributed by atoms with E-state index in [2.05, 4.69) is 5.48 Å². The molecule has 1 saturated heterocycles. The number of hydrogen-bond acceptors (Lipinski definition) is 6. The fraction of sp³-hybridized carbons (Fsp3) is 0.933. The summed E-state index contributed by atoms with van der Waals surface area (Å²) in [6, 6.07) is 0.0746. The zero-order valence-corrected chi connectivity index (χ0v) is 14.4. The molecule has 130 valence electrons. The van der Waals surface area contributed by atoms with Gasteiger partial charge in [-0.3, -0.25) is 4.84 Å². The summed E-state index contributed by atoms with van der Waals surface area (Å²) in [7, 11) is 1.63. The smallest absolute Gasteiger partial charge is 0.410 e. The predicted molar refractivity (Wildman–Crippen MR) is 82.6 cm³/mol. The monoisotopic (exact) mass is 318 g/mol. The molecule has 2 unspecified atom stereocenters. The average Bonchev–Trinajstić information content (AvgIpc) is 2.42. The number of nitrogens with zero attached hydrogens (tertiary/aromatic N) is 1. The van der Waals surface area contributed by atoms with Crippen molar-refractivity contribution in [1.29, 1.82) is 0 Å². The van der Waals surface area contributed by atoms with Gasteiger partial charge in [0, 0.05) is 19.7 Å². The third kappa shape index (κ3) is 7.40. The van der Waals surface area contributed by atoms with E-state index in [1.807, 2.05) is 27.7 Å². The number of amides is 1. The molecule has 0 aliphatic carbocycles. The second kappa shape index (κ2) is 9.29. The number of ether oxygens (including phenoxy) is 3. The lowest BCUT2D eigenvalue weighted by molar-refractivity contribution is -0.0476. The lowest BCUT2D eigenvalue weighted by Crippen LogP contribution is -2.52. The van der Waals surface area contributed by atoms with Gasteiger partial charge in [0.2, 0.25) is 0 Å². The molecule has 1 heterocycles. The van der Waals surface area contributed by atoms with Crippen LogP contribution in [0.3, 0.4) is 0 Å². The Hall–Kier alpha value is -0.890. The number of morpholine rings is 1. The van der Waals surface area contributed by atoms with Crippen LogP contribution in [0.4, 0.5) is 4.79 Å². The standard InChI is InChI=1S/C15H30N2O5/c1-12(16-21-9-8-19-5)10-13-11-20-7-6-17(13)14(18)22-15(2,3)4/h12-13,16H,6-11H2,1-5H3. The number of carbonyl (C=O) groups is 1. The van der Waals surface area contributed by atoms with Crippen LogP contribution in [0.2, 0.25) is 0 Å². The minimum atomic E-state index is -0.493. The highest BCUT2D eigenvalue weighted by atomic mass is 16.7. The Kier molecular flexibility index (Phi) is 8.09. The van der Waals surface area contributed by atoms with Crippen LogP contribution in [-0.4, -0.2) is 68.8 Å². The van der Waals surface area contributed by atoms with E-state index in [1.165, 1.54) is 0 Å². The number of rotatable bonds is 7. The lowest BCUT2D eigenvalue weighted by atomic mass is 10.1. The van der Waals surface area contributed by atoms with Gasteiger partial charge in [-0.05, 0) is 34.1 Å². The van der Waals surface area contributed by atoms with E-state index in [0.29, 0.717) is 33.0 Å². The highest BCUT2D eigenvalue weighted by Gasteiger charge is 2.31. The Balaban J connectivity index is 2.45. The number of carbonyl (C=O) groups excluding carboxylic acids is 1. The van der Waals surface area contributed by atoms with Gasteiger partial charge in [-0.1, -0.05) is 0 Å². The van der Waals surface area contributed by atoms with Crippen molar-refractivity contribution in [1.82, 2.24) is 10.4 Å². The predicted octanol–water partition coefficient (Wildman–Crippen LogP) is 1.57. The molecule has 1 fully saturated rings. The van der Waals surface area contributed by atoms with Gasteiger partial charge >= 0.3 is 6.09 Å². The van der Waals surface area contributed by atoms with Crippen LogP contribution in [0.15, 0.2) is 0 Å². The number of nitrogens with one attached hydrogen (secondary N) is 1. The number of methoxy groups -OCH3 is 1. The third-order valence-corrected chi connectivity index (χ3v) is 3.16. The van der Waals surface area contributed by atoms with Crippen molar-refractivity contribution >= 4 is 6.09 Å². The first-order chi connectivity index (χ1) is 10.3. The van der Waals surface area contributed by atoms with Crippen molar-refractivity contribution in [2.45, 2.75) is 51.8 Å². The molecule has 0 bridgehead atoms. The van der Waals surface area contributed by atoms with Gasteiger partial charge in [0.05, 0.1) is 32.5 Å². The molecule has 1 amide bonds. The van der Waals surface area contributed by atoms with Crippen LogP contribution in [0.25, 0.3) is 0 Å². The topological polar surface area (TPSA) is 69.3 Å². The third-order valence-electron chi connectivity index (χ3n) is 3.16. The van der Waals surface area contributed by atoms with E-state index in [1.54, 1.807) is 12.0 Å². The Labute approximate surface area is 133 Å². The first kappa shape index (κ1) is 19.2. The van der Waals surface area contributed by atoms with Gasteiger partial charge in [0.25, 0.3) is 0 Å². The van der Waals surface area contributed by atoms with Gasteiger partial charge in [-0.2, -0.15) is 5.48 Å². The van der Waals surface area contributed by atoms with Crippen LogP contribution in [0, 0.1) is 0 Å². The van der Waals surface area contributed by atoms with E-state index in [0.717, 1.165) is 6.42 Å². The van der Waals surface area contributed by atoms with Crippen LogP contribution in [0.5, 0.6) is 0 Å². The molecular weight excluding hydrogens is 288 g/mol. The molecule has 0 aromatic rings. The molecule has 22 heavy (non-hydrogen) atoms. The van der Waals surface area contributed by atoms with Gasteiger partial charge in [0.1, 0.15) is 5.60 Å². The van der Waals surface area contributed by atoms with Crippen LogP contribution in [0.1, 0.15) is 34.1 Å². The molecule has 0 aromatic heterocycles. The summed E-state index contributed by atoms with van der Waals surface area (Å²) in [5.41, 5.74) is 2.47. The Bertz CT molecular complexity index is 332. The highest BCUT2D eigenvalue weighted by Crippen LogP contribution is 2.17. The summed E-state index contributed by atoms with van der Waals surface area (Å²) < 4.78 is 15.9.